The molecule has 0 saturated heterocycles. The maximum Gasteiger partial charge on any atom is 0.102 e. The first-order valence-corrected chi connectivity index (χ1v) is 7.87. The van der Waals surface area contributed by atoms with Gasteiger partial charge in [0, 0.05) is 12.1 Å². The molecule has 0 radical (unpaired) electrons. The molecule has 17 heavy (non-hydrogen) atoms. The minimum Gasteiger partial charge on any atom is -0.339 e. The smallest absolute Gasteiger partial charge is 0.102 e. The van der Waals surface area contributed by atoms with Gasteiger partial charge < -0.3 is 4.52 Å². The molecule has 1 atom stereocenters. The third kappa shape index (κ3) is 4.75. The van der Waals surface area contributed by atoms with Gasteiger partial charge in [-0.15, -0.1) is 0 Å². The van der Waals surface area contributed by atoms with E-state index in [1.807, 2.05) is 6.07 Å². The molecule has 0 N–H and O–H groups in total. The SMILES string of the molecule is CC(C)N(C(C)C)P(C)OCc1ccccc1. The standard InChI is InChI=1S/C14H24NOP/c1-12(2)15(13(3)4)17(5)16-11-14-9-7-6-8-10-14/h6-10,12-13H,11H2,1-5H3. The highest BCUT2D eigenvalue weighted by molar-refractivity contribution is 7.49. The van der Waals surface area contributed by atoms with Crippen LogP contribution in [0.5, 0.6) is 0 Å². The molecule has 0 aliphatic heterocycles. The van der Waals surface area contributed by atoms with Gasteiger partial charge in [0.1, 0.15) is 8.30 Å². The van der Waals surface area contributed by atoms with Crippen molar-refractivity contribution in [1.82, 2.24) is 4.67 Å². The fraction of sp³-hybridized carbons (Fsp3) is 0.571. The Morgan fingerprint density at radius 3 is 2.06 bits per heavy atom. The summed E-state index contributed by atoms with van der Waals surface area (Å²) in [7, 11) is -0.513. The lowest BCUT2D eigenvalue weighted by molar-refractivity contribution is 0.250. The van der Waals surface area contributed by atoms with Gasteiger partial charge in [0.15, 0.2) is 0 Å². The normalized spacial score (nSPS) is 13.6. The molecule has 0 aliphatic carbocycles. The maximum atomic E-state index is 6.00. The van der Waals surface area contributed by atoms with Gasteiger partial charge >= 0.3 is 0 Å². The summed E-state index contributed by atoms with van der Waals surface area (Å²) in [5.41, 5.74) is 1.24. The second kappa shape index (κ2) is 7.10. The molecular formula is C14H24NOP. The van der Waals surface area contributed by atoms with E-state index in [0.29, 0.717) is 18.7 Å². The number of benzene rings is 1. The summed E-state index contributed by atoms with van der Waals surface area (Å²) in [6.45, 7) is 11.8. The van der Waals surface area contributed by atoms with Crippen molar-refractivity contribution in [3.05, 3.63) is 35.9 Å². The Morgan fingerprint density at radius 2 is 1.59 bits per heavy atom. The van der Waals surface area contributed by atoms with E-state index < -0.39 is 8.30 Å². The van der Waals surface area contributed by atoms with E-state index in [9.17, 15) is 0 Å². The molecule has 3 heteroatoms. The molecule has 0 fully saturated rings. The Bertz CT molecular complexity index is 305. The lowest BCUT2D eigenvalue weighted by Gasteiger charge is -2.35. The van der Waals surface area contributed by atoms with E-state index in [1.165, 1.54) is 5.56 Å². The van der Waals surface area contributed by atoms with Gasteiger partial charge in [-0.3, -0.25) is 4.67 Å². The minimum atomic E-state index is -0.513. The van der Waals surface area contributed by atoms with E-state index in [-0.39, 0.29) is 0 Å². The molecular weight excluding hydrogens is 229 g/mol. The molecule has 0 aliphatic rings. The summed E-state index contributed by atoms with van der Waals surface area (Å²) in [6, 6.07) is 11.4. The van der Waals surface area contributed by atoms with Crippen molar-refractivity contribution < 1.29 is 4.52 Å². The van der Waals surface area contributed by atoms with Gasteiger partial charge in [-0.2, -0.15) is 0 Å². The lowest BCUT2D eigenvalue weighted by Crippen LogP contribution is -2.32. The Labute approximate surface area is 107 Å². The zero-order valence-electron chi connectivity index (χ0n) is 11.6. The zero-order valence-corrected chi connectivity index (χ0v) is 12.4. The second-order valence-corrected chi connectivity index (χ2v) is 6.44. The Balaban J connectivity index is 2.50. The molecule has 0 amide bonds. The van der Waals surface area contributed by atoms with E-state index in [1.54, 1.807) is 0 Å². The first kappa shape index (κ1) is 14.6. The average molecular weight is 253 g/mol. The van der Waals surface area contributed by atoms with Crippen LogP contribution in [0.25, 0.3) is 0 Å². The number of rotatable bonds is 6. The van der Waals surface area contributed by atoms with Gasteiger partial charge in [-0.1, -0.05) is 30.3 Å². The quantitative estimate of drug-likeness (QED) is 0.702. The summed E-state index contributed by atoms with van der Waals surface area (Å²) >= 11 is 0. The highest BCUT2D eigenvalue weighted by Gasteiger charge is 2.20. The predicted molar refractivity (Wildman–Crippen MR) is 76.2 cm³/mol. The predicted octanol–water partition coefficient (Wildman–Crippen LogP) is 4.26. The Kier molecular flexibility index (Phi) is 6.11. The number of nitrogens with zero attached hydrogens (tertiary/aromatic N) is 1. The molecule has 0 saturated carbocycles. The summed E-state index contributed by atoms with van der Waals surface area (Å²) in [4.78, 5) is 0. The highest BCUT2D eigenvalue weighted by atomic mass is 31.2. The van der Waals surface area contributed by atoms with Crippen molar-refractivity contribution in [3.8, 4) is 0 Å². The van der Waals surface area contributed by atoms with Crippen molar-refractivity contribution in [1.29, 1.82) is 0 Å². The van der Waals surface area contributed by atoms with Crippen molar-refractivity contribution in [2.75, 3.05) is 6.66 Å². The third-order valence-electron chi connectivity index (χ3n) is 2.64. The van der Waals surface area contributed by atoms with Crippen LogP contribution in [0.2, 0.25) is 0 Å². The number of hydrogen-bond donors (Lipinski definition) is 0. The fourth-order valence-corrected chi connectivity index (χ4v) is 3.83. The van der Waals surface area contributed by atoms with Crippen LogP contribution >= 0.6 is 8.30 Å². The molecule has 0 bridgehead atoms. The molecule has 1 aromatic rings. The second-order valence-electron chi connectivity index (χ2n) is 4.79. The van der Waals surface area contributed by atoms with E-state index in [4.69, 9.17) is 4.52 Å². The van der Waals surface area contributed by atoms with E-state index >= 15 is 0 Å². The first-order valence-electron chi connectivity index (χ1n) is 6.21. The molecule has 1 rings (SSSR count). The number of hydrogen-bond acceptors (Lipinski definition) is 2. The van der Waals surface area contributed by atoms with Gasteiger partial charge in [0.2, 0.25) is 0 Å². The maximum absolute atomic E-state index is 6.00. The van der Waals surface area contributed by atoms with Crippen LogP contribution < -0.4 is 0 Å². The first-order chi connectivity index (χ1) is 8.02. The third-order valence-corrected chi connectivity index (χ3v) is 4.72. The molecule has 0 aromatic heterocycles. The van der Waals surface area contributed by atoms with Crippen molar-refractivity contribution in [3.63, 3.8) is 0 Å². The lowest BCUT2D eigenvalue weighted by atomic mass is 10.2. The van der Waals surface area contributed by atoms with E-state index in [0.717, 1.165) is 0 Å². The van der Waals surface area contributed by atoms with Crippen molar-refractivity contribution in [2.45, 2.75) is 46.4 Å². The van der Waals surface area contributed by atoms with Crippen LogP contribution in [0.15, 0.2) is 30.3 Å². The van der Waals surface area contributed by atoms with Crippen LogP contribution in [-0.2, 0) is 11.1 Å². The molecule has 2 nitrogen and oxygen atoms in total. The van der Waals surface area contributed by atoms with Gasteiger partial charge in [0.25, 0.3) is 0 Å². The Hall–Kier alpha value is -0.430. The van der Waals surface area contributed by atoms with Crippen LogP contribution in [0.3, 0.4) is 0 Å². The highest BCUT2D eigenvalue weighted by Crippen LogP contribution is 2.41. The average Bonchev–Trinajstić information content (AvgIpc) is 2.27. The van der Waals surface area contributed by atoms with Crippen LogP contribution in [-0.4, -0.2) is 23.4 Å². The van der Waals surface area contributed by atoms with Gasteiger partial charge in [-0.25, -0.2) is 0 Å². The molecule has 0 spiro atoms. The van der Waals surface area contributed by atoms with Crippen molar-refractivity contribution >= 4 is 8.30 Å². The molecule has 1 aromatic carbocycles. The summed E-state index contributed by atoms with van der Waals surface area (Å²) < 4.78 is 8.45. The largest absolute Gasteiger partial charge is 0.339 e. The molecule has 0 heterocycles. The fourth-order valence-electron chi connectivity index (χ4n) is 2.06. The van der Waals surface area contributed by atoms with E-state index in [2.05, 4.69) is 63.3 Å². The van der Waals surface area contributed by atoms with Crippen LogP contribution in [0.1, 0.15) is 33.3 Å². The summed E-state index contributed by atoms with van der Waals surface area (Å²) in [5.74, 6) is 0. The molecule has 1 unspecified atom stereocenters. The minimum absolute atomic E-state index is 0.513. The van der Waals surface area contributed by atoms with Crippen molar-refractivity contribution in [2.24, 2.45) is 0 Å². The monoisotopic (exact) mass is 253 g/mol. The van der Waals surface area contributed by atoms with Gasteiger partial charge in [-0.05, 0) is 39.9 Å². The summed E-state index contributed by atoms with van der Waals surface area (Å²) in [5, 5.41) is 0. The van der Waals surface area contributed by atoms with Gasteiger partial charge in [0.05, 0.1) is 6.61 Å². The topological polar surface area (TPSA) is 12.5 Å². The summed E-state index contributed by atoms with van der Waals surface area (Å²) in [6.07, 6.45) is 0. The Morgan fingerprint density at radius 1 is 1.06 bits per heavy atom. The van der Waals surface area contributed by atoms with Crippen LogP contribution in [0, 0.1) is 0 Å². The molecule has 96 valence electrons. The van der Waals surface area contributed by atoms with Crippen LogP contribution in [0.4, 0.5) is 0 Å². The zero-order chi connectivity index (χ0) is 12.8.